The molecule has 3 nitrogen and oxygen atoms in total. The fourth-order valence-electron chi connectivity index (χ4n) is 8.44. The number of hydrogen-bond donors (Lipinski definition) is 1. The first-order valence-corrected chi connectivity index (χ1v) is 20.4. The summed E-state index contributed by atoms with van der Waals surface area (Å²) in [4.78, 5) is 0. The number of hydrogen-bond acceptors (Lipinski definition) is 3. The zero-order valence-corrected chi connectivity index (χ0v) is 32.8. The van der Waals surface area contributed by atoms with Gasteiger partial charge in [0.2, 0.25) is 0 Å². The quantitative estimate of drug-likeness (QED) is 0.149. The van der Waals surface area contributed by atoms with Crippen molar-refractivity contribution in [1.82, 2.24) is 0 Å². The van der Waals surface area contributed by atoms with E-state index in [2.05, 4.69) is 199 Å². The second kappa shape index (κ2) is 15.1. The molecule has 0 fully saturated rings. The molecule has 11 aromatic rings. The largest absolute Gasteiger partial charge is 0.456 e. The van der Waals surface area contributed by atoms with E-state index in [-0.39, 0.29) is 0 Å². The van der Waals surface area contributed by atoms with Crippen molar-refractivity contribution in [2.24, 2.45) is 0 Å². The van der Waals surface area contributed by atoms with Crippen LogP contribution in [0.3, 0.4) is 0 Å². The van der Waals surface area contributed by atoms with E-state index < -0.39 is 0 Å². The van der Waals surface area contributed by atoms with Crippen LogP contribution in [0, 0.1) is 0 Å². The number of benzene rings is 9. The van der Waals surface area contributed by atoms with Crippen molar-refractivity contribution in [2.45, 2.75) is 0 Å². The van der Waals surface area contributed by atoms with Crippen LogP contribution in [-0.4, -0.2) is 6.54 Å². The van der Waals surface area contributed by atoms with Gasteiger partial charge in [-0.1, -0.05) is 170 Å². The Hall–Kier alpha value is -7.88. The third kappa shape index (κ3) is 6.72. The second-order valence-corrected chi connectivity index (χ2v) is 15.3. The fraction of sp³-hybridized carbons (Fsp3) is 0.0175. The van der Waals surface area contributed by atoms with E-state index in [1.807, 2.05) is 24.3 Å². The highest BCUT2D eigenvalue weighted by atomic mass is 16.3. The van der Waals surface area contributed by atoms with Gasteiger partial charge in [-0.05, 0) is 109 Å². The van der Waals surface area contributed by atoms with Crippen LogP contribution in [-0.2, 0) is 0 Å². The van der Waals surface area contributed by atoms with Crippen LogP contribution in [0.5, 0.6) is 0 Å². The van der Waals surface area contributed by atoms with Gasteiger partial charge < -0.3 is 14.2 Å². The highest BCUT2D eigenvalue weighted by molar-refractivity contribution is 6.07. The molecule has 60 heavy (non-hydrogen) atoms. The van der Waals surface area contributed by atoms with Gasteiger partial charge in [-0.15, -0.1) is 0 Å². The molecule has 284 valence electrons. The summed E-state index contributed by atoms with van der Waals surface area (Å²) in [6.45, 7) is 0.657. The van der Waals surface area contributed by atoms with Crippen LogP contribution in [0.25, 0.3) is 99.7 Å². The molecule has 1 N–H and O–H groups in total. The van der Waals surface area contributed by atoms with Crippen LogP contribution < -0.4 is 5.32 Å². The molecule has 0 unspecified atom stereocenters. The van der Waals surface area contributed by atoms with Gasteiger partial charge in [0.05, 0.1) is 0 Å². The molecule has 9 aromatic carbocycles. The first kappa shape index (κ1) is 35.3. The van der Waals surface area contributed by atoms with Gasteiger partial charge in [-0.2, -0.15) is 0 Å². The second-order valence-electron chi connectivity index (χ2n) is 15.3. The normalized spacial score (nSPS) is 12.1. The number of para-hydroxylation sites is 2. The SMILES string of the molecule is C(=C/c1ccc(-c2ccc(-c3cccc4ccccc34)cc2)cc1)/C(=C\CNc1ccc(-c2ccc3oc4ccccc4c3c2)cc1)c1ccc2oc3ccccc3c2c1. The lowest BCUT2D eigenvalue weighted by Gasteiger charge is -2.09. The van der Waals surface area contributed by atoms with Gasteiger partial charge >= 0.3 is 0 Å². The fourth-order valence-corrected chi connectivity index (χ4v) is 8.44. The van der Waals surface area contributed by atoms with Crippen LogP contribution in [0.15, 0.2) is 221 Å². The standard InChI is InChI=1S/C57H39NO2/c1-2-10-48-43(8-1)9-7-13-49(48)44-24-22-40(23-25-44)39-19-16-38(17-20-39)18-21-42(46-29-33-57-53(37-46)51-12-4-6-15-55(51)60-57)34-35-58-47-30-26-41(27-31-47)45-28-32-56-52(36-45)50-11-3-5-14-54(50)59-56/h1-34,36-37,58H,35H2/b21-18-,42-34+. The van der Waals surface area contributed by atoms with E-state index in [4.69, 9.17) is 8.83 Å². The monoisotopic (exact) mass is 769 g/mol. The molecule has 0 amide bonds. The first-order valence-electron chi connectivity index (χ1n) is 20.4. The van der Waals surface area contributed by atoms with E-state index in [0.29, 0.717) is 6.54 Å². The summed E-state index contributed by atoms with van der Waals surface area (Å²) in [7, 11) is 0. The molecule has 0 saturated heterocycles. The number of rotatable bonds is 9. The third-order valence-corrected chi connectivity index (χ3v) is 11.6. The minimum absolute atomic E-state index is 0.657. The van der Waals surface area contributed by atoms with Crippen molar-refractivity contribution in [3.05, 3.63) is 223 Å². The van der Waals surface area contributed by atoms with Gasteiger partial charge in [0.1, 0.15) is 22.3 Å². The topological polar surface area (TPSA) is 38.3 Å². The van der Waals surface area contributed by atoms with Gasteiger partial charge in [0.25, 0.3) is 0 Å². The highest BCUT2D eigenvalue weighted by Gasteiger charge is 2.11. The molecule has 11 rings (SSSR count). The van der Waals surface area contributed by atoms with Crippen LogP contribution in [0.4, 0.5) is 5.69 Å². The number of fused-ring (bicyclic) bond motifs is 7. The van der Waals surface area contributed by atoms with Gasteiger partial charge in [-0.3, -0.25) is 0 Å². The molecule has 0 spiro atoms. The van der Waals surface area contributed by atoms with Crippen molar-refractivity contribution in [3.8, 4) is 33.4 Å². The molecule has 0 atom stereocenters. The molecule has 0 aliphatic rings. The Bertz CT molecular complexity index is 3390. The molecule has 0 aliphatic carbocycles. The van der Waals surface area contributed by atoms with Gasteiger partial charge in [-0.25, -0.2) is 0 Å². The lowest BCUT2D eigenvalue weighted by molar-refractivity contribution is 0.668. The predicted molar refractivity (Wildman–Crippen MR) is 253 cm³/mol. The Labute approximate surface area is 348 Å². The molecule has 2 heterocycles. The van der Waals surface area contributed by atoms with E-state index in [0.717, 1.165) is 77.4 Å². The minimum Gasteiger partial charge on any atom is -0.456 e. The van der Waals surface area contributed by atoms with E-state index in [1.54, 1.807) is 0 Å². The molecule has 2 aromatic heterocycles. The maximum atomic E-state index is 6.17. The predicted octanol–water partition coefficient (Wildman–Crippen LogP) is 15.8. The Morgan fingerprint density at radius 1 is 0.417 bits per heavy atom. The van der Waals surface area contributed by atoms with Crippen LogP contribution in [0.1, 0.15) is 11.1 Å². The van der Waals surface area contributed by atoms with Crippen LogP contribution >= 0.6 is 0 Å². The minimum atomic E-state index is 0.657. The van der Waals surface area contributed by atoms with E-state index in [9.17, 15) is 0 Å². The molecule has 0 saturated carbocycles. The van der Waals surface area contributed by atoms with Gasteiger partial charge in [0.15, 0.2) is 0 Å². The van der Waals surface area contributed by atoms with Crippen molar-refractivity contribution in [1.29, 1.82) is 0 Å². The van der Waals surface area contributed by atoms with Crippen molar-refractivity contribution >= 4 is 72.0 Å². The maximum absolute atomic E-state index is 6.17. The van der Waals surface area contributed by atoms with Gasteiger partial charge in [0, 0.05) is 33.8 Å². The van der Waals surface area contributed by atoms with Crippen LogP contribution in [0.2, 0.25) is 0 Å². The smallest absolute Gasteiger partial charge is 0.135 e. The lowest BCUT2D eigenvalue weighted by atomic mass is 9.96. The highest BCUT2D eigenvalue weighted by Crippen LogP contribution is 2.35. The maximum Gasteiger partial charge on any atom is 0.135 e. The lowest BCUT2D eigenvalue weighted by Crippen LogP contribution is -1.99. The Morgan fingerprint density at radius 2 is 0.950 bits per heavy atom. The Morgan fingerprint density at radius 3 is 1.68 bits per heavy atom. The number of anilines is 1. The molecule has 0 radical (unpaired) electrons. The summed E-state index contributed by atoms with van der Waals surface area (Å²) >= 11 is 0. The molecule has 0 aliphatic heterocycles. The number of nitrogens with one attached hydrogen (secondary N) is 1. The zero-order valence-electron chi connectivity index (χ0n) is 32.8. The molecular formula is C57H39NO2. The average Bonchev–Trinajstić information content (AvgIpc) is 3.88. The number of allylic oxidation sites excluding steroid dienone is 2. The summed E-state index contributed by atoms with van der Waals surface area (Å²) in [6.07, 6.45) is 6.68. The summed E-state index contributed by atoms with van der Waals surface area (Å²) in [5.74, 6) is 0. The van der Waals surface area contributed by atoms with E-state index in [1.165, 1.54) is 33.0 Å². The summed E-state index contributed by atoms with van der Waals surface area (Å²) in [6, 6.07) is 70.8. The molecular weight excluding hydrogens is 731 g/mol. The van der Waals surface area contributed by atoms with Crippen molar-refractivity contribution < 1.29 is 8.83 Å². The summed E-state index contributed by atoms with van der Waals surface area (Å²) in [5.41, 5.74) is 15.3. The van der Waals surface area contributed by atoms with E-state index >= 15 is 0 Å². The summed E-state index contributed by atoms with van der Waals surface area (Å²) in [5, 5.41) is 10.7. The first-order chi connectivity index (χ1) is 29.7. The van der Waals surface area contributed by atoms with Crippen molar-refractivity contribution in [3.63, 3.8) is 0 Å². The molecule has 0 bridgehead atoms. The number of furan rings is 2. The zero-order chi connectivity index (χ0) is 39.8. The third-order valence-electron chi connectivity index (χ3n) is 11.6. The Kier molecular flexibility index (Phi) is 8.90. The average molecular weight is 770 g/mol. The summed E-state index contributed by atoms with van der Waals surface area (Å²) < 4.78 is 12.2. The Balaban J connectivity index is 0.843. The van der Waals surface area contributed by atoms with Crippen molar-refractivity contribution in [2.75, 3.05) is 11.9 Å². The molecule has 3 heteroatoms.